The van der Waals surface area contributed by atoms with Gasteiger partial charge in [-0.1, -0.05) is 36.4 Å². The zero-order chi connectivity index (χ0) is 34.4. The van der Waals surface area contributed by atoms with Crippen LogP contribution in [0.3, 0.4) is 0 Å². The Hall–Kier alpha value is -6.18. The van der Waals surface area contributed by atoms with E-state index in [4.69, 9.17) is 0 Å². The first-order valence-corrected chi connectivity index (χ1v) is 15.3. The molecule has 0 radical (unpaired) electrons. The fourth-order valence-corrected chi connectivity index (χ4v) is 6.14. The van der Waals surface area contributed by atoms with Gasteiger partial charge in [-0.05, 0) is 73.2 Å². The van der Waals surface area contributed by atoms with E-state index < -0.39 is 24.0 Å². The molecular weight excluding hydrogens is 638 g/mol. The number of aromatic nitrogens is 3. The number of alkyl halides is 2. The lowest BCUT2D eigenvalue weighted by Crippen LogP contribution is -2.31. The number of halogens is 2. The molecule has 1 aliphatic heterocycles. The van der Waals surface area contributed by atoms with Crippen LogP contribution in [0.1, 0.15) is 83.3 Å². The second-order valence-electron chi connectivity index (χ2n) is 11.7. The van der Waals surface area contributed by atoms with Crippen molar-refractivity contribution in [1.29, 1.82) is 0 Å². The number of Topliss-reactive ketones (excluding diaryl/α,β-unsaturated/α-hetero) is 1. The van der Waals surface area contributed by atoms with Crippen LogP contribution in [0.2, 0.25) is 0 Å². The molecule has 0 unspecified atom stereocenters. The first-order chi connectivity index (χ1) is 23.5. The van der Waals surface area contributed by atoms with Crippen molar-refractivity contribution >= 4 is 34.8 Å². The largest absolute Gasteiger partial charge is 0.586 e. The number of carbonyl (C=O) groups excluding carboxylic acids is 4. The summed E-state index contributed by atoms with van der Waals surface area (Å²) >= 11 is 0. The van der Waals surface area contributed by atoms with Crippen LogP contribution in [0.15, 0.2) is 72.9 Å². The summed E-state index contributed by atoms with van der Waals surface area (Å²) < 4.78 is 37.1. The van der Waals surface area contributed by atoms with E-state index in [1.807, 2.05) is 13.0 Å². The quantitative estimate of drug-likeness (QED) is 0.192. The van der Waals surface area contributed by atoms with Crippen LogP contribution in [-0.4, -0.2) is 44.4 Å². The van der Waals surface area contributed by atoms with Gasteiger partial charge >= 0.3 is 6.29 Å². The summed E-state index contributed by atoms with van der Waals surface area (Å²) in [6, 6.07) is 17.3. The van der Waals surface area contributed by atoms with Gasteiger partial charge in [-0.25, -0.2) is 9.50 Å². The molecule has 248 valence electrons. The fraction of sp³-hybridized carbons (Fsp3) is 0.200. The van der Waals surface area contributed by atoms with E-state index in [-0.39, 0.29) is 52.5 Å². The number of nitrogens with zero attached hydrogens (tertiary/aromatic N) is 3. The predicted octanol–water partition coefficient (Wildman–Crippen LogP) is 5.16. The average molecular weight is 667 g/mol. The van der Waals surface area contributed by atoms with E-state index in [2.05, 4.69) is 35.5 Å². The highest BCUT2D eigenvalue weighted by Gasteiger charge is 2.43. The molecule has 2 aromatic heterocycles. The molecule has 0 saturated carbocycles. The second kappa shape index (κ2) is 12.1. The molecule has 14 heteroatoms. The van der Waals surface area contributed by atoms with E-state index >= 15 is 0 Å². The smallest absolute Gasteiger partial charge is 0.395 e. The van der Waals surface area contributed by atoms with Crippen LogP contribution < -0.4 is 25.4 Å². The lowest BCUT2D eigenvalue weighted by Gasteiger charge is -2.16. The number of ether oxygens (including phenoxy) is 2. The van der Waals surface area contributed by atoms with Crippen molar-refractivity contribution in [2.45, 2.75) is 45.6 Å². The van der Waals surface area contributed by atoms with Crippen LogP contribution >= 0.6 is 0 Å². The molecule has 1 atom stereocenters. The number of carbonyl (C=O) groups is 4. The number of anilines is 1. The molecule has 2 aliphatic rings. The zero-order valence-corrected chi connectivity index (χ0v) is 26.2. The van der Waals surface area contributed by atoms with Gasteiger partial charge in [0, 0.05) is 23.9 Å². The van der Waals surface area contributed by atoms with Gasteiger partial charge in [0.2, 0.25) is 0 Å². The second-order valence-corrected chi connectivity index (χ2v) is 11.7. The normalized spacial score (nSPS) is 15.5. The summed E-state index contributed by atoms with van der Waals surface area (Å²) in [5.74, 6) is -2.18. The SMILES string of the molecule is CC(=O)c1ccc2c(c1C)CC[C@@H]2NC(=O)c1cc(C(=O)NCc2ccc3c(c2)OC(F)(F)O3)nc2c(C(=O)Nc3ccccc3)cnn12. The molecule has 5 aromatic rings. The molecule has 3 aromatic carbocycles. The maximum Gasteiger partial charge on any atom is 0.586 e. The Kier molecular flexibility index (Phi) is 7.77. The van der Waals surface area contributed by atoms with Gasteiger partial charge in [0.15, 0.2) is 22.9 Å². The zero-order valence-electron chi connectivity index (χ0n) is 26.2. The van der Waals surface area contributed by atoms with Crippen LogP contribution in [0, 0.1) is 6.92 Å². The molecule has 0 fully saturated rings. The number of hydrogen-bond acceptors (Lipinski definition) is 8. The van der Waals surface area contributed by atoms with Crippen molar-refractivity contribution in [1.82, 2.24) is 25.2 Å². The molecule has 0 bridgehead atoms. The van der Waals surface area contributed by atoms with Gasteiger partial charge in [0.1, 0.15) is 17.0 Å². The highest BCUT2D eigenvalue weighted by molar-refractivity contribution is 6.09. The van der Waals surface area contributed by atoms with Crippen molar-refractivity contribution in [2.24, 2.45) is 0 Å². The minimum Gasteiger partial charge on any atom is -0.395 e. The van der Waals surface area contributed by atoms with Gasteiger partial charge < -0.3 is 25.4 Å². The Labute approximate surface area is 277 Å². The molecule has 3 amide bonds. The summed E-state index contributed by atoms with van der Waals surface area (Å²) in [6.07, 6.45) is -1.27. The number of amides is 3. The molecular formula is C35H28F2N6O6. The van der Waals surface area contributed by atoms with Gasteiger partial charge in [-0.15, -0.1) is 8.78 Å². The monoisotopic (exact) mass is 666 g/mol. The minimum atomic E-state index is -3.78. The third-order valence-corrected chi connectivity index (χ3v) is 8.51. The van der Waals surface area contributed by atoms with Crippen molar-refractivity contribution in [2.75, 3.05) is 5.32 Å². The van der Waals surface area contributed by atoms with Gasteiger partial charge in [0.05, 0.1) is 12.2 Å². The number of fused-ring (bicyclic) bond motifs is 3. The summed E-state index contributed by atoms with van der Waals surface area (Å²) in [5, 5.41) is 12.7. The van der Waals surface area contributed by atoms with Crippen molar-refractivity contribution in [3.63, 3.8) is 0 Å². The number of benzene rings is 3. The Morgan fingerprint density at radius 3 is 2.49 bits per heavy atom. The van der Waals surface area contributed by atoms with Crippen molar-refractivity contribution in [3.05, 3.63) is 118 Å². The first-order valence-electron chi connectivity index (χ1n) is 15.3. The van der Waals surface area contributed by atoms with Gasteiger partial charge in [-0.3, -0.25) is 19.2 Å². The highest BCUT2D eigenvalue weighted by atomic mass is 19.3. The Balaban J connectivity index is 1.19. The highest BCUT2D eigenvalue weighted by Crippen LogP contribution is 2.41. The molecule has 12 nitrogen and oxygen atoms in total. The predicted molar refractivity (Wildman–Crippen MR) is 171 cm³/mol. The standard InChI is InChI=1S/C35H28F2N6O6/c1-18-22(19(2)44)9-10-24-23(18)11-12-26(24)42-34(47)28-15-27(33(46)38-16-20-8-13-29-30(14-20)49-35(36,37)48-29)41-31-25(17-39-43(28)31)32(45)40-21-6-4-3-5-7-21/h3-10,13-15,17,26H,11-12,16H2,1-2H3,(H,38,46)(H,40,45)(H,42,47)/t26-/m0/s1. The summed E-state index contributed by atoms with van der Waals surface area (Å²) in [6.45, 7) is 3.30. The number of hydrogen-bond donors (Lipinski definition) is 3. The van der Waals surface area contributed by atoms with Crippen LogP contribution in [0.4, 0.5) is 14.5 Å². The minimum absolute atomic E-state index is 0.0165. The Bertz CT molecular complexity index is 2180. The number of nitrogens with one attached hydrogen (secondary N) is 3. The van der Waals surface area contributed by atoms with E-state index in [9.17, 15) is 28.0 Å². The Morgan fingerprint density at radius 1 is 0.939 bits per heavy atom. The lowest BCUT2D eigenvalue weighted by atomic mass is 9.96. The summed E-state index contributed by atoms with van der Waals surface area (Å²) in [5.41, 5.74) is 4.10. The molecule has 49 heavy (non-hydrogen) atoms. The summed E-state index contributed by atoms with van der Waals surface area (Å²) in [7, 11) is 0. The average Bonchev–Trinajstić information content (AvgIpc) is 3.77. The fourth-order valence-electron chi connectivity index (χ4n) is 6.14. The number of para-hydroxylation sites is 1. The third-order valence-electron chi connectivity index (χ3n) is 8.51. The van der Waals surface area contributed by atoms with Crippen molar-refractivity contribution in [3.8, 4) is 11.5 Å². The number of rotatable bonds is 8. The maximum atomic E-state index is 13.9. The van der Waals surface area contributed by atoms with Gasteiger partial charge in [0.25, 0.3) is 17.7 Å². The molecule has 3 N–H and O–H groups in total. The number of ketones is 1. The molecule has 1 aliphatic carbocycles. The van der Waals surface area contributed by atoms with Crippen molar-refractivity contribution < 1.29 is 37.4 Å². The topological polar surface area (TPSA) is 153 Å². The lowest BCUT2D eigenvalue weighted by molar-refractivity contribution is -0.286. The Morgan fingerprint density at radius 2 is 1.71 bits per heavy atom. The molecule has 0 spiro atoms. The van der Waals surface area contributed by atoms with E-state index in [1.54, 1.807) is 36.4 Å². The van der Waals surface area contributed by atoms with Crippen LogP contribution in [0.25, 0.3) is 5.65 Å². The van der Waals surface area contributed by atoms with E-state index in [0.29, 0.717) is 29.7 Å². The first kappa shape index (κ1) is 31.4. The van der Waals surface area contributed by atoms with E-state index in [0.717, 1.165) is 16.7 Å². The van der Waals surface area contributed by atoms with Crippen LogP contribution in [0.5, 0.6) is 11.5 Å². The molecule has 3 heterocycles. The van der Waals surface area contributed by atoms with Crippen LogP contribution in [-0.2, 0) is 13.0 Å². The molecule has 7 rings (SSSR count). The van der Waals surface area contributed by atoms with Gasteiger partial charge in [-0.2, -0.15) is 5.10 Å². The molecule has 0 saturated heterocycles. The third kappa shape index (κ3) is 6.04. The van der Waals surface area contributed by atoms with E-state index in [1.165, 1.54) is 41.9 Å². The maximum absolute atomic E-state index is 13.9. The summed E-state index contributed by atoms with van der Waals surface area (Å²) in [4.78, 5) is 57.2.